The molecule has 0 amide bonds. The van der Waals surface area contributed by atoms with Crippen molar-refractivity contribution in [3.05, 3.63) is 54.6 Å². The maximum Gasteiger partial charge on any atom is 0.238 e. The van der Waals surface area contributed by atoms with E-state index in [-0.39, 0.29) is 16.5 Å². The molecule has 18 heavy (non-hydrogen) atoms. The maximum absolute atomic E-state index is 10.6. The second kappa shape index (κ2) is 6.04. The molecule has 2 N–H and O–H groups in total. The van der Waals surface area contributed by atoms with Crippen LogP contribution in [0.2, 0.25) is 0 Å². The van der Waals surface area contributed by atoms with Crippen molar-refractivity contribution < 1.29 is 18.0 Å². The standard InChI is InChI=1S/C6H7NO2S.C6H4O2/c7-10(8,9)6-4-2-1-3-5-6;7-5-1-2-6(8)4-3-5/h1-5H,(H2,7,8,9);1-4H. The number of benzene rings is 1. The highest BCUT2D eigenvalue weighted by Crippen LogP contribution is 2.03. The van der Waals surface area contributed by atoms with Gasteiger partial charge in [-0.05, 0) is 36.4 Å². The normalized spacial score (nSPS) is 14.1. The highest BCUT2D eigenvalue weighted by molar-refractivity contribution is 7.89. The highest BCUT2D eigenvalue weighted by atomic mass is 32.2. The summed E-state index contributed by atoms with van der Waals surface area (Å²) in [6.45, 7) is 0. The quantitative estimate of drug-likeness (QED) is 0.752. The van der Waals surface area contributed by atoms with Gasteiger partial charge in [-0.15, -0.1) is 0 Å². The molecular formula is C12H11NO4S. The van der Waals surface area contributed by atoms with E-state index in [0.717, 1.165) is 0 Å². The predicted molar refractivity (Wildman–Crippen MR) is 66.1 cm³/mol. The number of nitrogens with two attached hydrogens (primary N) is 1. The number of hydrogen-bond donors (Lipinski definition) is 1. The van der Waals surface area contributed by atoms with E-state index >= 15 is 0 Å². The van der Waals surface area contributed by atoms with Crippen molar-refractivity contribution in [2.45, 2.75) is 4.90 Å². The molecule has 0 radical (unpaired) electrons. The Labute approximate surface area is 105 Å². The van der Waals surface area contributed by atoms with Gasteiger partial charge in [0.25, 0.3) is 0 Å². The molecule has 0 bridgehead atoms. The van der Waals surface area contributed by atoms with Crippen molar-refractivity contribution in [1.29, 1.82) is 0 Å². The number of carbonyl (C=O) groups excluding carboxylic acids is 2. The Balaban J connectivity index is 0.000000184. The third-order valence-corrected chi connectivity index (χ3v) is 2.82. The molecule has 0 spiro atoms. The molecule has 0 atom stereocenters. The molecule has 1 aliphatic carbocycles. The summed E-state index contributed by atoms with van der Waals surface area (Å²) in [7, 11) is -3.50. The maximum atomic E-state index is 10.6. The molecule has 0 aliphatic heterocycles. The molecular weight excluding hydrogens is 254 g/mol. The molecule has 1 aromatic carbocycles. The monoisotopic (exact) mass is 265 g/mol. The smallest absolute Gasteiger partial charge is 0.238 e. The van der Waals surface area contributed by atoms with Crippen LogP contribution in [-0.4, -0.2) is 20.0 Å². The molecule has 0 saturated carbocycles. The summed E-state index contributed by atoms with van der Waals surface area (Å²) in [5.74, 6) is -0.241. The van der Waals surface area contributed by atoms with E-state index in [1.807, 2.05) is 0 Å². The Hall–Kier alpha value is -2.05. The second-order valence-corrected chi connectivity index (χ2v) is 4.89. The zero-order chi connectivity index (χ0) is 13.6. The van der Waals surface area contributed by atoms with Crippen LogP contribution in [0, 0.1) is 0 Å². The lowest BCUT2D eigenvalue weighted by atomic mass is 10.2. The van der Waals surface area contributed by atoms with Gasteiger partial charge in [-0.3, -0.25) is 9.59 Å². The summed E-state index contributed by atoms with van der Waals surface area (Å²) >= 11 is 0. The fourth-order valence-corrected chi connectivity index (χ4v) is 1.59. The van der Waals surface area contributed by atoms with Crippen LogP contribution in [0.4, 0.5) is 0 Å². The number of rotatable bonds is 1. The van der Waals surface area contributed by atoms with E-state index in [1.165, 1.54) is 36.4 Å². The van der Waals surface area contributed by atoms with Crippen molar-refractivity contribution in [2.24, 2.45) is 5.14 Å². The lowest BCUT2D eigenvalue weighted by Gasteiger charge is -1.93. The molecule has 94 valence electrons. The summed E-state index contributed by atoms with van der Waals surface area (Å²) in [4.78, 5) is 20.7. The molecule has 0 fully saturated rings. The largest absolute Gasteiger partial charge is 0.290 e. The van der Waals surface area contributed by atoms with Crippen LogP contribution in [0.3, 0.4) is 0 Å². The zero-order valence-electron chi connectivity index (χ0n) is 9.31. The zero-order valence-corrected chi connectivity index (χ0v) is 10.1. The number of allylic oxidation sites excluding steroid dienone is 4. The number of hydrogen-bond acceptors (Lipinski definition) is 4. The molecule has 0 heterocycles. The average molecular weight is 265 g/mol. The van der Waals surface area contributed by atoms with E-state index in [9.17, 15) is 18.0 Å². The van der Waals surface area contributed by atoms with E-state index in [2.05, 4.69) is 0 Å². The molecule has 2 rings (SSSR count). The summed E-state index contributed by atoms with van der Waals surface area (Å²) in [5.41, 5.74) is 0. The minimum atomic E-state index is -3.50. The number of ketones is 2. The van der Waals surface area contributed by atoms with Crippen LogP contribution in [-0.2, 0) is 19.6 Å². The van der Waals surface area contributed by atoms with Gasteiger partial charge in [-0.1, -0.05) is 18.2 Å². The molecule has 0 unspecified atom stereocenters. The number of carbonyl (C=O) groups is 2. The number of sulfonamides is 1. The highest BCUT2D eigenvalue weighted by Gasteiger charge is 2.03. The minimum absolute atomic E-state index is 0.121. The Kier molecular flexibility index (Phi) is 4.70. The molecule has 5 nitrogen and oxygen atoms in total. The van der Waals surface area contributed by atoms with E-state index in [1.54, 1.807) is 18.2 Å². The van der Waals surface area contributed by atoms with E-state index < -0.39 is 10.0 Å². The molecule has 6 heteroatoms. The molecule has 1 aliphatic rings. The van der Waals surface area contributed by atoms with Gasteiger partial charge in [-0.2, -0.15) is 0 Å². The number of primary sulfonamides is 1. The SMILES string of the molecule is NS(=O)(=O)c1ccccc1.O=C1C=CC(=O)C=C1. The third kappa shape index (κ3) is 4.86. The van der Waals surface area contributed by atoms with Gasteiger partial charge in [0.1, 0.15) is 0 Å². The average Bonchev–Trinajstić information content (AvgIpc) is 2.34. The lowest BCUT2D eigenvalue weighted by Crippen LogP contribution is -2.11. The predicted octanol–water partition coefficient (Wildman–Crippen LogP) is 0.585. The Morgan fingerprint density at radius 1 is 0.778 bits per heavy atom. The van der Waals surface area contributed by atoms with Crippen LogP contribution in [0.25, 0.3) is 0 Å². The van der Waals surface area contributed by atoms with Crippen LogP contribution in [0.1, 0.15) is 0 Å². The van der Waals surface area contributed by atoms with Gasteiger partial charge < -0.3 is 0 Å². The topological polar surface area (TPSA) is 94.3 Å². The van der Waals surface area contributed by atoms with Gasteiger partial charge in [-0.25, -0.2) is 13.6 Å². The van der Waals surface area contributed by atoms with Gasteiger partial charge >= 0.3 is 0 Å². The summed E-state index contributed by atoms with van der Waals surface area (Å²) in [5, 5.41) is 4.83. The van der Waals surface area contributed by atoms with Gasteiger partial charge in [0, 0.05) is 0 Å². The first kappa shape index (κ1) is 14.0. The minimum Gasteiger partial charge on any atom is -0.290 e. The van der Waals surface area contributed by atoms with Crippen molar-refractivity contribution in [3.8, 4) is 0 Å². The lowest BCUT2D eigenvalue weighted by molar-refractivity contribution is -0.113. The summed E-state index contributed by atoms with van der Waals surface area (Å²) in [6.07, 6.45) is 5.01. The van der Waals surface area contributed by atoms with E-state index in [0.29, 0.717) is 0 Å². The molecule has 0 aromatic heterocycles. The fraction of sp³-hybridized carbons (Fsp3) is 0. The Morgan fingerprint density at radius 3 is 1.44 bits per heavy atom. The van der Waals surface area contributed by atoms with Crippen LogP contribution in [0.15, 0.2) is 59.5 Å². The fourth-order valence-electron chi connectivity index (χ4n) is 1.05. The molecule has 1 aromatic rings. The first-order valence-electron chi connectivity index (χ1n) is 4.91. The van der Waals surface area contributed by atoms with Crippen molar-refractivity contribution >= 4 is 21.6 Å². The Bertz CT molecular complexity index is 562. The van der Waals surface area contributed by atoms with Crippen LogP contribution in [0.5, 0.6) is 0 Å². The van der Waals surface area contributed by atoms with Gasteiger partial charge in [0.2, 0.25) is 10.0 Å². The van der Waals surface area contributed by atoms with E-state index in [4.69, 9.17) is 5.14 Å². The Morgan fingerprint density at radius 2 is 1.17 bits per heavy atom. The van der Waals surface area contributed by atoms with Gasteiger partial charge in [0.05, 0.1) is 4.90 Å². The van der Waals surface area contributed by atoms with Crippen LogP contribution >= 0.6 is 0 Å². The van der Waals surface area contributed by atoms with Crippen molar-refractivity contribution in [2.75, 3.05) is 0 Å². The molecule has 0 saturated heterocycles. The first-order valence-corrected chi connectivity index (χ1v) is 6.46. The van der Waals surface area contributed by atoms with Gasteiger partial charge in [0.15, 0.2) is 11.6 Å². The summed E-state index contributed by atoms with van der Waals surface area (Å²) < 4.78 is 21.2. The van der Waals surface area contributed by atoms with Crippen molar-refractivity contribution in [1.82, 2.24) is 0 Å². The summed E-state index contributed by atoms with van der Waals surface area (Å²) in [6, 6.07) is 7.89. The first-order chi connectivity index (χ1) is 8.39. The van der Waals surface area contributed by atoms with Crippen LogP contribution < -0.4 is 5.14 Å². The van der Waals surface area contributed by atoms with Crippen molar-refractivity contribution in [3.63, 3.8) is 0 Å². The second-order valence-electron chi connectivity index (χ2n) is 3.33. The third-order valence-electron chi connectivity index (χ3n) is 1.90.